The van der Waals surface area contributed by atoms with Crippen LogP contribution in [0, 0.1) is 0 Å². The van der Waals surface area contributed by atoms with Gasteiger partial charge in [0, 0.05) is 0 Å². The zero-order valence-electron chi connectivity index (χ0n) is 3.69. The lowest BCUT2D eigenvalue weighted by molar-refractivity contribution is 0.141. The highest BCUT2D eigenvalue weighted by atomic mass is 16.7. The van der Waals surface area contributed by atoms with Crippen LogP contribution in [0.5, 0.6) is 0 Å². The van der Waals surface area contributed by atoms with Crippen LogP contribution in [0.25, 0.3) is 0 Å². The Kier molecular flexibility index (Phi) is 2.45. The number of hydrogen-bond acceptors (Lipinski definition) is 2. The van der Waals surface area contributed by atoms with Crippen molar-refractivity contribution in [2.45, 2.75) is 14.4 Å². The van der Waals surface area contributed by atoms with Crippen molar-refractivity contribution in [3.05, 3.63) is 11.8 Å². The van der Waals surface area contributed by atoms with Gasteiger partial charge in [-0.15, -0.1) is 0 Å². The maximum Gasteiger partial charge on any atom is 0.118 e. The van der Waals surface area contributed by atoms with E-state index in [4.69, 9.17) is 4.84 Å². The quantitative estimate of drug-likeness (QED) is 0.492. The summed E-state index contributed by atoms with van der Waals surface area (Å²) >= 11 is 0. The molecule has 0 aromatic carbocycles. The molecule has 0 aliphatic carbocycles. The first-order valence-corrected chi connectivity index (χ1v) is 1.96. The van der Waals surface area contributed by atoms with Gasteiger partial charge in [0.25, 0.3) is 0 Å². The fraction of sp³-hybridized carbons (Fsp3) is 0.600. The van der Waals surface area contributed by atoms with Gasteiger partial charge in [0.2, 0.25) is 0 Å². The summed E-state index contributed by atoms with van der Waals surface area (Å²) in [6.45, 7) is 2.77. The summed E-state index contributed by atoms with van der Waals surface area (Å²) in [5.41, 5.74) is 2.68. The third-order valence-corrected chi connectivity index (χ3v) is 0.706. The Morgan fingerprint density at radius 2 is 2.57 bits per heavy atom. The zero-order valence-corrected chi connectivity index (χ0v) is 3.69. The Hall–Kier alpha value is -0.500. The first kappa shape index (κ1) is 6.50. The minimum atomic E-state index is 0. The third-order valence-electron chi connectivity index (χ3n) is 0.706. The average molecular weight is 101 g/mol. The molecule has 1 rings (SSSR count). The van der Waals surface area contributed by atoms with E-state index in [1.807, 2.05) is 13.0 Å². The lowest BCUT2D eigenvalue weighted by atomic mass is 10.5. The standard InChI is InChI=1S/C4H7NO.CH4/c1-4-2-3-5-6-4;/h2,5H,3H2,1H3;1H4. The van der Waals surface area contributed by atoms with E-state index in [2.05, 4.69) is 5.48 Å². The summed E-state index contributed by atoms with van der Waals surface area (Å²) in [4.78, 5) is 4.76. The smallest absolute Gasteiger partial charge is 0.118 e. The first-order chi connectivity index (χ1) is 2.89. The first-order valence-electron chi connectivity index (χ1n) is 1.96. The zero-order chi connectivity index (χ0) is 4.41. The summed E-state index contributed by atoms with van der Waals surface area (Å²) < 4.78 is 0. The molecule has 0 saturated heterocycles. The van der Waals surface area contributed by atoms with E-state index < -0.39 is 0 Å². The molecule has 0 spiro atoms. The predicted octanol–water partition coefficient (Wildman–Crippen LogP) is 1.06. The summed E-state index contributed by atoms with van der Waals surface area (Å²) in [6.07, 6.45) is 1.99. The fourth-order valence-corrected chi connectivity index (χ4v) is 0.383. The molecule has 42 valence electrons. The second-order valence-electron chi connectivity index (χ2n) is 1.27. The van der Waals surface area contributed by atoms with Crippen LogP contribution in [0.15, 0.2) is 11.8 Å². The van der Waals surface area contributed by atoms with Gasteiger partial charge in [-0.25, -0.2) is 0 Å². The van der Waals surface area contributed by atoms with Crippen LogP contribution >= 0.6 is 0 Å². The molecule has 0 amide bonds. The number of rotatable bonds is 0. The summed E-state index contributed by atoms with van der Waals surface area (Å²) in [7, 11) is 0. The van der Waals surface area contributed by atoms with Crippen LogP contribution in [0.2, 0.25) is 0 Å². The van der Waals surface area contributed by atoms with Gasteiger partial charge in [-0.1, -0.05) is 7.43 Å². The van der Waals surface area contributed by atoms with E-state index in [0.717, 1.165) is 12.3 Å². The van der Waals surface area contributed by atoms with E-state index >= 15 is 0 Å². The second kappa shape index (κ2) is 2.64. The van der Waals surface area contributed by atoms with Gasteiger partial charge in [0.1, 0.15) is 5.76 Å². The maximum atomic E-state index is 4.76. The predicted molar refractivity (Wildman–Crippen MR) is 29.6 cm³/mol. The Labute approximate surface area is 44.1 Å². The van der Waals surface area contributed by atoms with Crippen molar-refractivity contribution in [3.8, 4) is 0 Å². The fourth-order valence-electron chi connectivity index (χ4n) is 0.383. The minimum absolute atomic E-state index is 0. The van der Waals surface area contributed by atoms with Crippen molar-refractivity contribution >= 4 is 0 Å². The van der Waals surface area contributed by atoms with Gasteiger partial charge in [0.05, 0.1) is 6.54 Å². The molecule has 1 N–H and O–H groups in total. The van der Waals surface area contributed by atoms with Crippen molar-refractivity contribution in [2.24, 2.45) is 0 Å². The molecule has 7 heavy (non-hydrogen) atoms. The highest BCUT2D eigenvalue weighted by molar-refractivity contribution is 4.92. The highest BCUT2D eigenvalue weighted by Crippen LogP contribution is 1.95. The van der Waals surface area contributed by atoms with Crippen LogP contribution in [-0.4, -0.2) is 6.54 Å². The third kappa shape index (κ3) is 1.59. The van der Waals surface area contributed by atoms with Crippen LogP contribution < -0.4 is 5.48 Å². The van der Waals surface area contributed by atoms with Gasteiger partial charge in [-0.05, 0) is 13.0 Å². The Morgan fingerprint density at radius 1 is 1.86 bits per heavy atom. The summed E-state index contributed by atoms with van der Waals surface area (Å²) in [5.74, 6) is 0.968. The lowest BCUT2D eigenvalue weighted by Crippen LogP contribution is -2.03. The molecule has 2 heteroatoms. The topological polar surface area (TPSA) is 21.3 Å². The number of nitrogens with one attached hydrogen (secondary N) is 1. The van der Waals surface area contributed by atoms with Gasteiger partial charge < -0.3 is 4.84 Å². The van der Waals surface area contributed by atoms with E-state index in [-0.39, 0.29) is 7.43 Å². The molecule has 1 aliphatic heterocycles. The minimum Gasteiger partial charge on any atom is -0.413 e. The maximum absolute atomic E-state index is 4.76. The van der Waals surface area contributed by atoms with Gasteiger partial charge in [-0.2, -0.15) is 5.48 Å². The molecule has 0 bridgehead atoms. The van der Waals surface area contributed by atoms with Crippen molar-refractivity contribution in [1.29, 1.82) is 0 Å². The molecule has 2 nitrogen and oxygen atoms in total. The highest BCUT2D eigenvalue weighted by Gasteiger charge is 1.93. The molecular formula is C5H11NO. The SMILES string of the molecule is C.CC1=CCNO1. The molecule has 1 aliphatic rings. The Balaban J connectivity index is 0.000000360. The monoisotopic (exact) mass is 101 g/mol. The van der Waals surface area contributed by atoms with Crippen molar-refractivity contribution < 1.29 is 4.84 Å². The molecule has 0 aromatic heterocycles. The molecular weight excluding hydrogens is 90.1 g/mol. The molecule has 0 saturated carbocycles. The van der Waals surface area contributed by atoms with Crippen LogP contribution in [0.3, 0.4) is 0 Å². The summed E-state index contributed by atoms with van der Waals surface area (Å²) in [5, 5.41) is 0. The largest absolute Gasteiger partial charge is 0.413 e. The van der Waals surface area contributed by atoms with Crippen LogP contribution in [0.4, 0.5) is 0 Å². The van der Waals surface area contributed by atoms with Crippen LogP contribution in [0.1, 0.15) is 14.4 Å². The second-order valence-corrected chi connectivity index (χ2v) is 1.27. The van der Waals surface area contributed by atoms with Crippen molar-refractivity contribution in [2.75, 3.05) is 6.54 Å². The van der Waals surface area contributed by atoms with Crippen molar-refractivity contribution in [3.63, 3.8) is 0 Å². The molecule has 1 heterocycles. The van der Waals surface area contributed by atoms with E-state index in [1.54, 1.807) is 0 Å². The number of hydroxylamine groups is 1. The van der Waals surface area contributed by atoms with E-state index in [1.165, 1.54) is 0 Å². The molecule has 0 unspecified atom stereocenters. The number of allylic oxidation sites excluding steroid dienone is 1. The van der Waals surface area contributed by atoms with E-state index in [0.29, 0.717) is 0 Å². The molecule has 0 aromatic rings. The average Bonchev–Trinajstić information content (AvgIpc) is 1.86. The molecule has 0 fully saturated rings. The Bertz CT molecular complexity index is 78.1. The Morgan fingerprint density at radius 3 is 2.71 bits per heavy atom. The van der Waals surface area contributed by atoms with Crippen molar-refractivity contribution in [1.82, 2.24) is 5.48 Å². The van der Waals surface area contributed by atoms with Gasteiger partial charge in [0.15, 0.2) is 0 Å². The van der Waals surface area contributed by atoms with Crippen LogP contribution in [-0.2, 0) is 4.84 Å². The van der Waals surface area contributed by atoms with Gasteiger partial charge >= 0.3 is 0 Å². The number of hydrogen-bond donors (Lipinski definition) is 1. The summed E-state index contributed by atoms with van der Waals surface area (Å²) in [6, 6.07) is 0. The molecule has 0 radical (unpaired) electrons. The molecule has 0 atom stereocenters. The lowest BCUT2D eigenvalue weighted by Gasteiger charge is -1.90. The van der Waals surface area contributed by atoms with Gasteiger partial charge in [-0.3, -0.25) is 0 Å². The van der Waals surface area contributed by atoms with E-state index in [9.17, 15) is 0 Å². The normalized spacial score (nSPS) is 17.0.